The van der Waals surface area contributed by atoms with E-state index >= 15 is 0 Å². The van der Waals surface area contributed by atoms with Crippen molar-refractivity contribution in [2.75, 3.05) is 6.61 Å². The van der Waals surface area contributed by atoms with Crippen molar-refractivity contribution in [1.82, 2.24) is 25.5 Å². The molecule has 1 amide bonds. The van der Waals surface area contributed by atoms with E-state index in [0.717, 1.165) is 12.8 Å². The number of rotatable bonds is 7. The summed E-state index contributed by atoms with van der Waals surface area (Å²) in [6.45, 7) is 1.71. The van der Waals surface area contributed by atoms with E-state index < -0.39 is 0 Å². The van der Waals surface area contributed by atoms with Gasteiger partial charge in [-0.3, -0.25) is 4.79 Å². The van der Waals surface area contributed by atoms with Crippen molar-refractivity contribution >= 4 is 17.7 Å². The number of carbonyl (C=O) groups is 1. The fourth-order valence-electron chi connectivity index (χ4n) is 2.70. The molecular weight excluding hydrogens is 325 g/mol. The van der Waals surface area contributed by atoms with E-state index in [0.29, 0.717) is 23.7 Å². The predicted octanol–water partition coefficient (Wildman–Crippen LogP) is 1.40. The topological polar surface area (TPSA) is 92.9 Å². The second-order valence-corrected chi connectivity index (χ2v) is 6.15. The molecule has 1 saturated carbocycles. The Morgan fingerprint density at radius 1 is 1.44 bits per heavy atom. The molecule has 1 aliphatic rings. The number of hydrogen-bond acceptors (Lipinski definition) is 5. The Kier molecular flexibility index (Phi) is 5.18. The zero-order chi connectivity index (χ0) is 17.8. The number of tetrazole rings is 1. The van der Waals surface area contributed by atoms with Crippen LogP contribution < -0.4 is 5.32 Å². The summed E-state index contributed by atoms with van der Waals surface area (Å²) in [5.41, 5.74) is 0.907. The average Bonchev–Trinajstić information content (AvgIpc) is 3.36. The number of carbonyl (C=O) groups excluding carboxylic acids is 1. The Bertz CT molecular complexity index is 768. The lowest BCUT2D eigenvalue weighted by Gasteiger charge is -2.18. The van der Waals surface area contributed by atoms with Crippen molar-refractivity contribution in [3.63, 3.8) is 0 Å². The third-order valence-electron chi connectivity index (χ3n) is 4.21. The smallest absolute Gasteiger partial charge is 0.270 e. The first-order chi connectivity index (χ1) is 12.1. The third-order valence-corrected chi connectivity index (χ3v) is 4.21. The molecule has 25 heavy (non-hydrogen) atoms. The first-order valence-corrected chi connectivity index (χ1v) is 8.23. The van der Waals surface area contributed by atoms with Crippen LogP contribution in [0.2, 0.25) is 0 Å². The Morgan fingerprint density at radius 3 is 2.72 bits per heavy atom. The molecule has 0 aliphatic heterocycles. The van der Waals surface area contributed by atoms with Gasteiger partial charge in [-0.2, -0.15) is 4.68 Å². The van der Waals surface area contributed by atoms with Crippen molar-refractivity contribution < 1.29 is 14.3 Å². The Hall–Kier alpha value is -2.61. The Balaban J connectivity index is 1.89. The zero-order valence-corrected chi connectivity index (χ0v) is 13.9. The van der Waals surface area contributed by atoms with Crippen LogP contribution in [0.5, 0.6) is 0 Å². The predicted molar refractivity (Wildman–Crippen MR) is 89.5 cm³/mol. The van der Waals surface area contributed by atoms with E-state index in [9.17, 15) is 14.3 Å². The molecule has 1 aliphatic carbocycles. The van der Waals surface area contributed by atoms with Crippen molar-refractivity contribution in [1.29, 1.82) is 0 Å². The highest BCUT2D eigenvalue weighted by Gasteiger charge is 2.32. The normalized spacial score (nSPS) is 15.9. The van der Waals surface area contributed by atoms with Gasteiger partial charge < -0.3 is 10.4 Å². The number of aliphatic hydroxyl groups is 1. The third kappa shape index (κ3) is 4.27. The number of amides is 1. The number of benzene rings is 1. The second kappa shape index (κ2) is 7.52. The molecule has 1 heterocycles. The van der Waals surface area contributed by atoms with Crippen LogP contribution in [0.25, 0.3) is 11.8 Å². The SMILES string of the molecule is Cc1nnnn1/C(=C/c1ccc(F)cc1)C(=O)NC(CCO)C1CC1. The fraction of sp³-hybridized carbons (Fsp3) is 0.412. The summed E-state index contributed by atoms with van der Waals surface area (Å²) in [6, 6.07) is 5.73. The van der Waals surface area contributed by atoms with Gasteiger partial charge in [-0.05, 0) is 66.3 Å². The van der Waals surface area contributed by atoms with Crippen LogP contribution in [-0.4, -0.2) is 43.9 Å². The molecule has 1 aromatic heterocycles. The van der Waals surface area contributed by atoms with E-state index in [-0.39, 0.29) is 30.1 Å². The van der Waals surface area contributed by atoms with E-state index in [1.165, 1.54) is 16.8 Å². The van der Waals surface area contributed by atoms with Crippen LogP contribution >= 0.6 is 0 Å². The summed E-state index contributed by atoms with van der Waals surface area (Å²) in [5, 5.41) is 23.5. The maximum atomic E-state index is 13.1. The van der Waals surface area contributed by atoms with Crippen molar-refractivity contribution in [3.8, 4) is 0 Å². The van der Waals surface area contributed by atoms with Gasteiger partial charge in [-0.1, -0.05) is 12.1 Å². The van der Waals surface area contributed by atoms with Gasteiger partial charge in [0.1, 0.15) is 11.5 Å². The molecule has 1 aromatic carbocycles. The fourth-order valence-corrected chi connectivity index (χ4v) is 2.70. The minimum absolute atomic E-state index is 0.0162. The molecular formula is C17H20FN5O2. The van der Waals surface area contributed by atoms with Crippen LogP contribution in [0.3, 0.4) is 0 Å². The van der Waals surface area contributed by atoms with Gasteiger partial charge in [0.15, 0.2) is 5.82 Å². The summed E-state index contributed by atoms with van der Waals surface area (Å²) in [6.07, 6.45) is 4.22. The maximum Gasteiger partial charge on any atom is 0.270 e. The first-order valence-electron chi connectivity index (χ1n) is 8.23. The number of hydrogen-bond donors (Lipinski definition) is 2. The zero-order valence-electron chi connectivity index (χ0n) is 13.9. The number of aryl methyl sites for hydroxylation is 1. The number of halogens is 1. The molecule has 0 saturated heterocycles. The van der Waals surface area contributed by atoms with Gasteiger partial charge in [0.25, 0.3) is 5.91 Å². The van der Waals surface area contributed by atoms with Crippen LogP contribution in [0, 0.1) is 18.7 Å². The second-order valence-electron chi connectivity index (χ2n) is 6.15. The molecule has 7 nitrogen and oxygen atoms in total. The summed E-state index contributed by atoms with van der Waals surface area (Å²) in [4.78, 5) is 12.8. The van der Waals surface area contributed by atoms with Crippen molar-refractivity contribution in [2.45, 2.75) is 32.2 Å². The molecule has 3 rings (SSSR count). The standard InChI is InChI=1S/C17H20FN5O2/c1-11-20-21-22-23(11)16(10-12-2-6-14(18)7-3-12)17(25)19-15(8-9-24)13-4-5-13/h2-3,6-7,10,13,15,24H,4-5,8-9H2,1H3,(H,19,25)/b16-10+. The summed E-state index contributed by atoms with van der Waals surface area (Å²) in [7, 11) is 0. The van der Waals surface area contributed by atoms with E-state index in [1.807, 2.05) is 0 Å². The molecule has 1 unspecified atom stereocenters. The summed E-state index contributed by atoms with van der Waals surface area (Å²) in [5.74, 6) is 0.190. The molecule has 0 bridgehead atoms. The minimum atomic E-state index is -0.349. The lowest BCUT2D eigenvalue weighted by molar-refractivity contribution is -0.116. The molecule has 1 atom stereocenters. The van der Waals surface area contributed by atoms with Crippen molar-refractivity contribution in [3.05, 3.63) is 41.5 Å². The van der Waals surface area contributed by atoms with Crippen LogP contribution in [0.4, 0.5) is 4.39 Å². The quantitative estimate of drug-likeness (QED) is 0.740. The Morgan fingerprint density at radius 2 is 2.16 bits per heavy atom. The molecule has 0 radical (unpaired) electrons. The highest BCUT2D eigenvalue weighted by atomic mass is 19.1. The van der Waals surface area contributed by atoms with Crippen LogP contribution in [0.1, 0.15) is 30.7 Å². The minimum Gasteiger partial charge on any atom is -0.396 e. The average molecular weight is 345 g/mol. The number of nitrogens with one attached hydrogen (secondary N) is 1. The molecule has 0 spiro atoms. The van der Waals surface area contributed by atoms with Crippen molar-refractivity contribution in [2.24, 2.45) is 5.92 Å². The molecule has 2 N–H and O–H groups in total. The summed E-state index contributed by atoms with van der Waals surface area (Å²) >= 11 is 0. The lowest BCUT2D eigenvalue weighted by atomic mass is 10.1. The van der Waals surface area contributed by atoms with E-state index in [4.69, 9.17) is 0 Å². The first kappa shape index (κ1) is 17.2. The van der Waals surface area contributed by atoms with Gasteiger partial charge in [-0.25, -0.2) is 4.39 Å². The largest absolute Gasteiger partial charge is 0.396 e. The summed E-state index contributed by atoms with van der Waals surface area (Å²) < 4.78 is 14.5. The van der Waals surface area contributed by atoms with Gasteiger partial charge in [-0.15, -0.1) is 5.10 Å². The monoisotopic (exact) mass is 345 g/mol. The van der Waals surface area contributed by atoms with E-state index in [1.54, 1.807) is 25.1 Å². The number of nitrogens with zero attached hydrogens (tertiary/aromatic N) is 4. The van der Waals surface area contributed by atoms with Crippen LogP contribution in [0.15, 0.2) is 24.3 Å². The Labute approximate surface area is 144 Å². The van der Waals surface area contributed by atoms with Gasteiger partial charge in [0.05, 0.1) is 0 Å². The van der Waals surface area contributed by atoms with Gasteiger partial charge in [0.2, 0.25) is 0 Å². The number of aliphatic hydroxyl groups excluding tert-OH is 1. The highest BCUT2D eigenvalue weighted by Crippen LogP contribution is 2.34. The highest BCUT2D eigenvalue weighted by molar-refractivity contribution is 6.18. The molecule has 132 valence electrons. The van der Waals surface area contributed by atoms with Crippen LogP contribution in [-0.2, 0) is 4.79 Å². The molecule has 1 fully saturated rings. The number of aromatic nitrogens is 4. The van der Waals surface area contributed by atoms with Gasteiger partial charge in [0, 0.05) is 12.6 Å². The maximum absolute atomic E-state index is 13.1. The van der Waals surface area contributed by atoms with Gasteiger partial charge >= 0.3 is 0 Å². The van der Waals surface area contributed by atoms with E-state index in [2.05, 4.69) is 20.8 Å². The molecule has 2 aromatic rings. The molecule has 8 heteroatoms. The lowest BCUT2D eigenvalue weighted by Crippen LogP contribution is -2.38.